The van der Waals surface area contributed by atoms with Crippen molar-refractivity contribution in [2.24, 2.45) is 10.9 Å². The van der Waals surface area contributed by atoms with Crippen LogP contribution < -0.4 is 0 Å². The molecule has 1 aromatic carbocycles. The summed E-state index contributed by atoms with van der Waals surface area (Å²) in [6.07, 6.45) is 2.51. The Labute approximate surface area is 127 Å². The highest BCUT2D eigenvalue weighted by Crippen LogP contribution is 2.30. The molecule has 0 N–H and O–H groups in total. The number of hydrogen-bond donors (Lipinski definition) is 0. The number of aliphatic imine (C=N–C) groups is 1. The van der Waals surface area contributed by atoms with Gasteiger partial charge in [-0.2, -0.15) is 0 Å². The van der Waals surface area contributed by atoms with Crippen LogP contribution in [0, 0.1) is 5.92 Å². The molecule has 3 heteroatoms. The van der Waals surface area contributed by atoms with Crippen molar-refractivity contribution in [1.82, 2.24) is 0 Å². The normalized spacial score (nSPS) is 25.7. The summed E-state index contributed by atoms with van der Waals surface area (Å²) in [7, 11) is 0. The molecule has 21 heavy (non-hydrogen) atoms. The minimum atomic E-state index is -0.743. The minimum absolute atomic E-state index is 0.186. The van der Waals surface area contributed by atoms with Gasteiger partial charge < -0.3 is 4.74 Å². The van der Waals surface area contributed by atoms with Gasteiger partial charge in [0.1, 0.15) is 6.10 Å². The van der Waals surface area contributed by atoms with E-state index >= 15 is 0 Å². The SMILES string of the molecule is CCCC[C@]1(C)N=C(c2ccccc2)[C@@H](C(C)C)OC1=O. The molecule has 0 bridgehead atoms. The number of rotatable bonds is 5. The molecule has 2 atom stereocenters. The molecule has 3 nitrogen and oxygen atoms in total. The van der Waals surface area contributed by atoms with Crippen LogP contribution in [0.3, 0.4) is 0 Å². The molecule has 1 aliphatic rings. The molecule has 0 unspecified atom stereocenters. The zero-order chi connectivity index (χ0) is 15.5. The Balaban J connectivity index is 2.43. The van der Waals surface area contributed by atoms with E-state index < -0.39 is 5.54 Å². The maximum atomic E-state index is 12.4. The molecule has 0 saturated heterocycles. The highest BCUT2D eigenvalue weighted by molar-refractivity contribution is 6.08. The van der Waals surface area contributed by atoms with Gasteiger partial charge >= 0.3 is 5.97 Å². The number of esters is 1. The summed E-state index contributed by atoms with van der Waals surface area (Å²) in [5, 5.41) is 0. The van der Waals surface area contributed by atoms with Crippen LogP contribution in [0.5, 0.6) is 0 Å². The summed E-state index contributed by atoms with van der Waals surface area (Å²) in [5.41, 5.74) is 1.21. The van der Waals surface area contributed by atoms with E-state index in [2.05, 4.69) is 20.8 Å². The van der Waals surface area contributed by atoms with Crippen molar-refractivity contribution < 1.29 is 9.53 Å². The van der Waals surface area contributed by atoms with Crippen molar-refractivity contribution in [3.63, 3.8) is 0 Å². The molecular weight excluding hydrogens is 262 g/mol. The maximum absolute atomic E-state index is 12.4. The van der Waals surface area contributed by atoms with Gasteiger partial charge in [0.15, 0.2) is 5.54 Å². The molecular formula is C18H25NO2. The first-order valence-corrected chi connectivity index (χ1v) is 7.84. The van der Waals surface area contributed by atoms with Crippen LogP contribution in [0.2, 0.25) is 0 Å². The van der Waals surface area contributed by atoms with Crippen molar-refractivity contribution in [3.8, 4) is 0 Å². The van der Waals surface area contributed by atoms with Gasteiger partial charge in [-0.3, -0.25) is 4.99 Å². The lowest BCUT2D eigenvalue weighted by atomic mass is 9.89. The molecule has 114 valence electrons. The molecule has 2 rings (SSSR count). The smallest absolute Gasteiger partial charge is 0.334 e. The molecule has 0 fully saturated rings. The second-order valence-corrected chi connectivity index (χ2v) is 6.31. The van der Waals surface area contributed by atoms with Gasteiger partial charge in [-0.15, -0.1) is 0 Å². The Kier molecular flexibility index (Phi) is 4.81. The number of hydrogen-bond acceptors (Lipinski definition) is 3. The first kappa shape index (κ1) is 15.7. The molecule has 1 heterocycles. The van der Waals surface area contributed by atoms with E-state index in [1.807, 2.05) is 37.3 Å². The van der Waals surface area contributed by atoms with Crippen LogP contribution in [-0.2, 0) is 9.53 Å². The third kappa shape index (κ3) is 3.34. The summed E-state index contributed by atoms with van der Waals surface area (Å²) in [6.45, 7) is 8.14. The minimum Gasteiger partial charge on any atom is -0.454 e. The van der Waals surface area contributed by atoms with Crippen LogP contribution >= 0.6 is 0 Å². The van der Waals surface area contributed by atoms with Gasteiger partial charge in [0.2, 0.25) is 0 Å². The Morgan fingerprint density at radius 1 is 1.29 bits per heavy atom. The molecule has 0 aliphatic carbocycles. The Bertz CT molecular complexity index is 521. The first-order chi connectivity index (χ1) is 9.98. The van der Waals surface area contributed by atoms with Crippen LogP contribution in [-0.4, -0.2) is 23.3 Å². The lowest BCUT2D eigenvalue weighted by molar-refractivity contribution is -0.155. The number of ether oxygens (including phenoxy) is 1. The average Bonchev–Trinajstić information content (AvgIpc) is 2.48. The van der Waals surface area contributed by atoms with Crippen LogP contribution in [0.1, 0.15) is 52.5 Å². The second-order valence-electron chi connectivity index (χ2n) is 6.31. The predicted molar refractivity (Wildman–Crippen MR) is 85.6 cm³/mol. The number of unbranched alkanes of at least 4 members (excludes halogenated alkanes) is 1. The maximum Gasteiger partial charge on any atom is 0.334 e. The third-order valence-electron chi connectivity index (χ3n) is 4.00. The van der Waals surface area contributed by atoms with E-state index in [0.717, 1.165) is 30.5 Å². The van der Waals surface area contributed by atoms with E-state index in [4.69, 9.17) is 9.73 Å². The summed E-state index contributed by atoms with van der Waals surface area (Å²) >= 11 is 0. The number of nitrogens with zero attached hydrogens (tertiary/aromatic N) is 1. The second kappa shape index (κ2) is 6.42. The largest absolute Gasteiger partial charge is 0.454 e. The number of carbonyl (C=O) groups excluding carboxylic acids is 1. The summed E-state index contributed by atoms with van der Waals surface area (Å²) in [5.74, 6) is 0.0259. The number of cyclic esters (lactones) is 1. The highest BCUT2D eigenvalue weighted by atomic mass is 16.5. The Morgan fingerprint density at radius 2 is 1.95 bits per heavy atom. The van der Waals surface area contributed by atoms with E-state index in [9.17, 15) is 4.79 Å². The van der Waals surface area contributed by atoms with Crippen LogP contribution in [0.4, 0.5) is 0 Å². The summed E-state index contributed by atoms with van der Waals surface area (Å²) in [6, 6.07) is 10.0. The van der Waals surface area contributed by atoms with Crippen molar-refractivity contribution in [3.05, 3.63) is 35.9 Å². The van der Waals surface area contributed by atoms with E-state index in [1.165, 1.54) is 0 Å². The molecule has 0 aromatic heterocycles. The fourth-order valence-corrected chi connectivity index (χ4v) is 2.64. The monoisotopic (exact) mass is 287 g/mol. The topological polar surface area (TPSA) is 38.7 Å². The quantitative estimate of drug-likeness (QED) is 0.768. The standard InChI is InChI=1S/C18H25NO2/c1-5-6-12-18(4)17(20)21-16(13(2)3)15(19-18)14-10-8-7-9-11-14/h7-11,13,16H,5-6,12H2,1-4H3/t16-,18+/m1/s1. The van der Waals surface area contributed by atoms with Gasteiger partial charge in [-0.1, -0.05) is 63.9 Å². The lowest BCUT2D eigenvalue weighted by Crippen LogP contribution is -2.48. The zero-order valence-electron chi connectivity index (χ0n) is 13.4. The van der Waals surface area contributed by atoms with Crippen molar-refractivity contribution in [1.29, 1.82) is 0 Å². The van der Waals surface area contributed by atoms with Crippen molar-refractivity contribution >= 4 is 11.7 Å². The first-order valence-electron chi connectivity index (χ1n) is 7.84. The fraction of sp³-hybridized carbons (Fsp3) is 0.556. The van der Waals surface area contributed by atoms with Gasteiger partial charge in [-0.25, -0.2) is 4.79 Å². The van der Waals surface area contributed by atoms with Crippen LogP contribution in [0.25, 0.3) is 0 Å². The van der Waals surface area contributed by atoms with E-state index in [1.54, 1.807) is 0 Å². The van der Waals surface area contributed by atoms with Gasteiger partial charge in [0, 0.05) is 0 Å². The molecule has 0 saturated carbocycles. The van der Waals surface area contributed by atoms with Crippen molar-refractivity contribution in [2.75, 3.05) is 0 Å². The summed E-state index contributed by atoms with van der Waals surface area (Å²) in [4.78, 5) is 17.2. The van der Waals surface area contributed by atoms with Gasteiger partial charge in [-0.05, 0) is 24.8 Å². The van der Waals surface area contributed by atoms with Gasteiger partial charge in [0.25, 0.3) is 0 Å². The molecule has 1 aliphatic heterocycles. The molecule has 1 aromatic rings. The van der Waals surface area contributed by atoms with Crippen LogP contribution in [0.15, 0.2) is 35.3 Å². The number of carbonyl (C=O) groups is 1. The highest BCUT2D eigenvalue weighted by Gasteiger charge is 2.42. The number of benzene rings is 1. The fourth-order valence-electron chi connectivity index (χ4n) is 2.64. The Morgan fingerprint density at radius 3 is 2.52 bits per heavy atom. The molecule has 0 spiro atoms. The molecule has 0 amide bonds. The van der Waals surface area contributed by atoms with Gasteiger partial charge in [0.05, 0.1) is 5.71 Å². The van der Waals surface area contributed by atoms with E-state index in [-0.39, 0.29) is 18.0 Å². The molecule has 0 radical (unpaired) electrons. The Hall–Kier alpha value is -1.64. The lowest BCUT2D eigenvalue weighted by Gasteiger charge is -2.35. The van der Waals surface area contributed by atoms with E-state index in [0.29, 0.717) is 0 Å². The summed E-state index contributed by atoms with van der Waals surface area (Å²) < 4.78 is 5.76. The third-order valence-corrected chi connectivity index (χ3v) is 4.00. The predicted octanol–water partition coefficient (Wildman–Crippen LogP) is 4.01. The zero-order valence-corrected chi connectivity index (χ0v) is 13.4. The average molecular weight is 287 g/mol. The van der Waals surface area contributed by atoms with Crippen molar-refractivity contribution in [2.45, 2.75) is 58.6 Å².